The zero-order valence-electron chi connectivity index (χ0n) is 23.3. The Bertz CT molecular complexity index is 1500. The van der Waals surface area contributed by atoms with E-state index in [1.807, 2.05) is 31.2 Å². The summed E-state index contributed by atoms with van der Waals surface area (Å²) >= 11 is 3.03. The molecular weight excluding hydrogens is 539 g/mol. The number of fused-ring (bicyclic) bond motifs is 2. The number of amides is 1. The summed E-state index contributed by atoms with van der Waals surface area (Å²) in [6.07, 6.45) is 2.10. The van der Waals surface area contributed by atoms with Crippen LogP contribution in [-0.2, 0) is 32.4 Å². The zero-order valence-corrected chi connectivity index (χ0v) is 25.0. The van der Waals surface area contributed by atoms with E-state index < -0.39 is 0 Å². The highest BCUT2D eigenvalue weighted by Gasteiger charge is 2.24. The van der Waals surface area contributed by atoms with Crippen LogP contribution in [0.5, 0.6) is 0 Å². The highest BCUT2D eigenvalue weighted by molar-refractivity contribution is 7.14. The van der Waals surface area contributed by atoms with E-state index in [2.05, 4.69) is 53.3 Å². The van der Waals surface area contributed by atoms with E-state index in [4.69, 9.17) is 4.98 Å². The monoisotopic (exact) mass is 571 g/mol. The Labute approximate surface area is 242 Å². The Morgan fingerprint density at radius 1 is 0.825 bits per heavy atom. The summed E-state index contributed by atoms with van der Waals surface area (Å²) in [5.41, 5.74) is 8.05. The molecule has 0 fully saturated rings. The minimum atomic E-state index is -0.171. The lowest BCUT2D eigenvalue weighted by atomic mass is 9.91. The third kappa shape index (κ3) is 5.26. The van der Waals surface area contributed by atoms with Gasteiger partial charge in [-0.3, -0.25) is 9.59 Å². The molecule has 0 bridgehead atoms. The predicted octanol–water partition coefficient (Wildman–Crippen LogP) is 5.54. The third-order valence-electron chi connectivity index (χ3n) is 7.95. The molecule has 7 nitrogen and oxygen atoms in total. The molecule has 6 rings (SSSR count). The first-order chi connectivity index (χ1) is 19.3. The van der Waals surface area contributed by atoms with Crippen LogP contribution in [0.25, 0.3) is 11.1 Å². The van der Waals surface area contributed by atoms with Crippen molar-refractivity contribution in [1.82, 2.24) is 19.8 Å². The van der Waals surface area contributed by atoms with Gasteiger partial charge in [0.1, 0.15) is 0 Å². The predicted molar refractivity (Wildman–Crippen MR) is 162 cm³/mol. The second kappa shape index (κ2) is 11.0. The average molecular weight is 572 g/mol. The molecule has 0 saturated heterocycles. The Hall–Kier alpha value is -3.24. The number of carbonyl (C=O) groups is 2. The van der Waals surface area contributed by atoms with Gasteiger partial charge in [0.15, 0.2) is 15.8 Å². The maximum atomic E-state index is 13.3. The van der Waals surface area contributed by atoms with Crippen LogP contribution in [0.15, 0.2) is 36.4 Å². The summed E-state index contributed by atoms with van der Waals surface area (Å²) in [5, 5.41) is 4.23. The molecule has 2 aromatic carbocycles. The minimum absolute atomic E-state index is 0.0670. The molecule has 2 aliphatic heterocycles. The van der Waals surface area contributed by atoms with Crippen molar-refractivity contribution < 1.29 is 9.59 Å². The number of likely N-dealkylation sites (N-methyl/N-ethyl adjacent to an activating group) is 2. The van der Waals surface area contributed by atoms with Crippen molar-refractivity contribution in [3.63, 3.8) is 0 Å². The quantitative estimate of drug-likeness (QED) is 0.307. The first-order valence-electron chi connectivity index (χ1n) is 13.6. The summed E-state index contributed by atoms with van der Waals surface area (Å²) in [5.74, 6) is -0.104. The average Bonchev–Trinajstić information content (AvgIpc) is 3.55. The van der Waals surface area contributed by atoms with Crippen LogP contribution in [0.4, 0.5) is 5.69 Å². The van der Waals surface area contributed by atoms with E-state index in [0.717, 1.165) is 83.9 Å². The van der Waals surface area contributed by atoms with Gasteiger partial charge in [-0.05, 0) is 61.8 Å². The van der Waals surface area contributed by atoms with E-state index in [9.17, 15) is 9.59 Å². The number of rotatable bonds is 6. The Morgan fingerprint density at radius 3 is 2.08 bits per heavy atom. The van der Waals surface area contributed by atoms with E-state index in [0.29, 0.717) is 16.4 Å². The highest BCUT2D eigenvalue weighted by Crippen LogP contribution is 2.34. The lowest BCUT2D eigenvalue weighted by Crippen LogP contribution is -2.25. The fourth-order valence-corrected chi connectivity index (χ4v) is 7.73. The van der Waals surface area contributed by atoms with E-state index in [-0.39, 0.29) is 11.7 Å². The number of benzene rings is 2. The van der Waals surface area contributed by atoms with Crippen LogP contribution >= 0.6 is 22.7 Å². The zero-order chi connectivity index (χ0) is 28.0. The molecule has 0 spiro atoms. The van der Waals surface area contributed by atoms with Gasteiger partial charge in [0.05, 0.1) is 11.4 Å². The van der Waals surface area contributed by atoms with Crippen molar-refractivity contribution >= 4 is 40.1 Å². The summed E-state index contributed by atoms with van der Waals surface area (Å²) in [7, 11) is 4.20. The van der Waals surface area contributed by atoms with E-state index >= 15 is 0 Å². The van der Waals surface area contributed by atoms with Crippen LogP contribution in [-0.4, -0.2) is 58.6 Å². The molecule has 4 aromatic rings. The molecule has 1 amide bonds. The topological polar surface area (TPSA) is 78.4 Å². The Kier molecular flexibility index (Phi) is 7.39. The van der Waals surface area contributed by atoms with Gasteiger partial charge in [-0.15, -0.1) is 22.7 Å². The molecule has 0 aliphatic carbocycles. The van der Waals surface area contributed by atoms with Crippen molar-refractivity contribution in [2.75, 3.05) is 32.5 Å². The summed E-state index contributed by atoms with van der Waals surface area (Å²) in [4.78, 5) is 42.7. The third-order valence-corrected chi connectivity index (χ3v) is 10.2. The number of Topliss-reactive ketones (excluding diaryl/α,β-unsaturated/α-hetero) is 1. The molecule has 0 unspecified atom stereocenters. The van der Waals surface area contributed by atoms with Gasteiger partial charge in [-0.25, -0.2) is 9.97 Å². The molecule has 2 aromatic heterocycles. The van der Waals surface area contributed by atoms with Crippen LogP contribution < -0.4 is 5.32 Å². The fourth-order valence-electron chi connectivity index (χ4n) is 5.52. The molecule has 40 heavy (non-hydrogen) atoms. The lowest BCUT2D eigenvalue weighted by Gasteiger charge is -2.20. The standard InChI is InChI=1S/C31H33N5O2S2/c1-18-20(15-26(37)30-33-24-11-13-35(3)16-27(24)39-30)7-5-8-21(18)22-9-6-10-23(19(22)2)32-29(38)31-34-25-12-14-36(4)17-28(25)40-31/h5-10H,11-17H2,1-4H3,(H,32,38). The van der Waals surface area contributed by atoms with Gasteiger partial charge in [-0.2, -0.15) is 0 Å². The summed E-state index contributed by atoms with van der Waals surface area (Å²) in [6.45, 7) is 7.75. The van der Waals surface area contributed by atoms with E-state index in [1.165, 1.54) is 21.1 Å². The molecular formula is C31H33N5O2S2. The Morgan fingerprint density at radius 2 is 1.40 bits per heavy atom. The first kappa shape index (κ1) is 27.0. The van der Waals surface area contributed by atoms with Crippen molar-refractivity contribution in [2.45, 2.75) is 46.2 Å². The number of nitrogens with zero attached hydrogens (tertiary/aromatic N) is 4. The number of ketones is 1. The maximum Gasteiger partial charge on any atom is 0.284 e. The van der Waals surface area contributed by atoms with E-state index in [1.54, 1.807) is 11.3 Å². The van der Waals surface area contributed by atoms with Gasteiger partial charge in [0, 0.05) is 60.9 Å². The molecule has 1 N–H and O–H groups in total. The number of aromatic nitrogens is 2. The number of hydrogen-bond donors (Lipinski definition) is 1. The summed E-state index contributed by atoms with van der Waals surface area (Å²) < 4.78 is 0. The fraction of sp³-hybridized carbons (Fsp3) is 0.355. The number of anilines is 1. The van der Waals surface area contributed by atoms with Gasteiger partial charge in [0.2, 0.25) is 0 Å². The molecule has 9 heteroatoms. The second-order valence-electron chi connectivity index (χ2n) is 10.9. The summed E-state index contributed by atoms with van der Waals surface area (Å²) in [6, 6.07) is 12.1. The van der Waals surface area contributed by atoms with Gasteiger partial charge in [0.25, 0.3) is 5.91 Å². The molecule has 2 aliphatic rings. The van der Waals surface area contributed by atoms with Crippen LogP contribution in [0.1, 0.15) is 57.4 Å². The maximum absolute atomic E-state index is 13.3. The highest BCUT2D eigenvalue weighted by atomic mass is 32.1. The first-order valence-corrected chi connectivity index (χ1v) is 15.3. The number of nitrogens with one attached hydrogen (secondary N) is 1. The molecule has 0 saturated carbocycles. The van der Waals surface area contributed by atoms with Crippen molar-refractivity contribution in [2.24, 2.45) is 0 Å². The second-order valence-corrected chi connectivity index (χ2v) is 13.0. The number of hydrogen-bond acceptors (Lipinski definition) is 8. The van der Waals surface area contributed by atoms with Crippen LogP contribution in [0.3, 0.4) is 0 Å². The molecule has 206 valence electrons. The molecule has 4 heterocycles. The van der Waals surface area contributed by atoms with Crippen molar-refractivity contribution in [3.8, 4) is 11.1 Å². The smallest absolute Gasteiger partial charge is 0.284 e. The molecule has 0 radical (unpaired) electrons. The Balaban J connectivity index is 1.22. The van der Waals surface area contributed by atoms with Gasteiger partial charge < -0.3 is 15.1 Å². The lowest BCUT2D eigenvalue weighted by molar-refractivity contribution is 0.0990. The van der Waals surface area contributed by atoms with Gasteiger partial charge in [-0.1, -0.05) is 30.3 Å². The normalized spacial score (nSPS) is 15.5. The van der Waals surface area contributed by atoms with Crippen molar-refractivity contribution in [3.05, 3.63) is 84.2 Å². The van der Waals surface area contributed by atoms with Crippen molar-refractivity contribution in [1.29, 1.82) is 0 Å². The minimum Gasteiger partial charge on any atom is -0.320 e. The molecule has 0 atom stereocenters. The largest absolute Gasteiger partial charge is 0.320 e. The van der Waals surface area contributed by atoms with Gasteiger partial charge >= 0.3 is 0 Å². The van der Waals surface area contributed by atoms with Crippen LogP contribution in [0, 0.1) is 13.8 Å². The van der Waals surface area contributed by atoms with Crippen LogP contribution in [0.2, 0.25) is 0 Å². The number of thiazole rings is 2. The SMILES string of the molecule is Cc1c(CC(=O)c2nc3c(s2)CN(C)CC3)cccc1-c1cccc(NC(=O)c2nc3c(s2)CN(C)CC3)c1C. The number of carbonyl (C=O) groups excluding carboxylic acids is 2.